The van der Waals surface area contributed by atoms with E-state index in [9.17, 15) is 4.79 Å². The summed E-state index contributed by atoms with van der Waals surface area (Å²) in [5.41, 5.74) is 7.27. The fourth-order valence-corrected chi connectivity index (χ4v) is 7.33. The minimum absolute atomic E-state index is 0.0646. The lowest BCUT2D eigenvalue weighted by atomic mass is 9.72. The Morgan fingerprint density at radius 1 is 1.03 bits per heavy atom. The van der Waals surface area contributed by atoms with Crippen LogP contribution in [0.5, 0.6) is 0 Å². The normalized spacial score (nSPS) is 19.7. The quantitative estimate of drug-likeness (QED) is 0.327. The molecule has 0 saturated carbocycles. The minimum Gasteiger partial charge on any atom is -0.353 e. The van der Waals surface area contributed by atoms with Gasteiger partial charge < -0.3 is 15.2 Å². The predicted molar refractivity (Wildman–Crippen MR) is 145 cm³/mol. The van der Waals surface area contributed by atoms with Crippen LogP contribution < -0.4 is 10.6 Å². The van der Waals surface area contributed by atoms with Gasteiger partial charge in [0.1, 0.15) is 11.2 Å². The van der Waals surface area contributed by atoms with Crippen molar-refractivity contribution in [3.63, 3.8) is 0 Å². The predicted octanol–water partition coefficient (Wildman–Crippen LogP) is 7.06. The standard InChI is InChI=1S/C30H33N3OS/c1-18-25(21-12-8-9-13-23(21)33(18)17-19-10-6-5-7-11-19)27-31-28(34)26-22-15-14-20(30(2,3)4)16-24(22)35-29(26)32-27/h5-13,20,27,32H,14-17H2,1-4H3,(H,31,34)/t20-,27-/m0/s1. The molecular weight excluding hydrogens is 450 g/mol. The van der Waals surface area contributed by atoms with Crippen LogP contribution in [0.2, 0.25) is 0 Å². The molecule has 0 radical (unpaired) electrons. The van der Waals surface area contributed by atoms with Crippen LogP contribution in [-0.2, 0) is 19.4 Å². The number of hydrogen-bond donors (Lipinski definition) is 2. The van der Waals surface area contributed by atoms with E-state index >= 15 is 0 Å². The maximum atomic E-state index is 13.5. The van der Waals surface area contributed by atoms with Crippen molar-refractivity contribution in [3.05, 3.63) is 87.4 Å². The van der Waals surface area contributed by atoms with Crippen LogP contribution in [-0.4, -0.2) is 10.5 Å². The van der Waals surface area contributed by atoms with Crippen molar-refractivity contribution in [2.24, 2.45) is 11.3 Å². The van der Waals surface area contributed by atoms with Crippen LogP contribution in [0.4, 0.5) is 5.00 Å². The van der Waals surface area contributed by atoms with Gasteiger partial charge in [0.2, 0.25) is 0 Å². The van der Waals surface area contributed by atoms with Crippen molar-refractivity contribution in [2.75, 3.05) is 5.32 Å². The Balaban J connectivity index is 1.38. The minimum atomic E-state index is -0.240. The molecule has 2 aliphatic rings. The third-order valence-electron chi connectivity index (χ3n) is 8.02. The lowest BCUT2D eigenvalue weighted by Gasteiger charge is -2.34. The zero-order chi connectivity index (χ0) is 24.3. The summed E-state index contributed by atoms with van der Waals surface area (Å²) in [6.07, 6.45) is 2.99. The van der Waals surface area contributed by atoms with E-state index in [1.54, 1.807) is 11.3 Å². The van der Waals surface area contributed by atoms with Crippen LogP contribution in [0, 0.1) is 18.3 Å². The first-order chi connectivity index (χ1) is 16.8. The lowest BCUT2D eigenvalue weighted by Crippen LogP contribution is -2.38. The van der Waals surface area contributed by atoms with Crippen molar-refractivity contribution in [1.29, 1.82) is 0 Å². The molecule has 1 amide bonds. The average Bonchev–Trinajstić information content (AvgIpc) is 3.34. The van der Waals surface area contributed by atoms with E-state index in [4.69, 9.17) is 0 Å². The lowest BCUT2D eigenvalue weighted by molar-refractivity contribution is 0.0935. The van der Waals surface area contributed by atoms with E-state index in [0.717, 1.165) is 41.9 Å². The Labute approximate surface area is 211 Å². The van der Waals surface area contributed by atoms with Crippen LogP contribution >= 0.6 is 11.3 Å². The van der Waals surface area contributed by atoms with Crippen molar-refractivity contribution >= 4 is 33.1 Å². The molecule has 5 heteroatoms. The highest BCUT2D eigenvalue weighted by Gasteiger charge is 2.37. The summed E-state index contributed by atoms with van der Waals surface area (Å²) < 4.78 is 2.37. The number of nitrogens with zero attached hydrogens (tertiary/aromatic N) is 1. The van der Waals surface area contributed by atoms with Gasteiger partial charge in [-0.1, -0.05) is 69.3 Å². The topological polar surface area (TPSA) is 46.1 Å². The van der Waals surface area contributed by atoms with Crippen molar-refractivity contribution in [1.82, 2.24) is 9.88 Å². The second kappa shape index (κ2) is 8.27. The molecule has 0 bridgehead atoms. The highest BCUT2D eigenvalue weighted by Crippen LogP contribution is 2.46. The number of anilines is 1. The Morgan fingerprint density at radius 2 is 1.77 bits per heavy atom. The van der Waals surface area contributed by atoms with E-state index < -0.39 is 0 Å². The van der Waals surface area contributed by atoms with Gasteiger partial charge in [0.15, 0.2) is 0 Å². The van der Waals surface area contributed by atoms with E-state index in [0.29, 0.717) is 5.92 Å². The fraction of sp³-hybridized carbons (Fsp3) is 0.367. The Hall–Kier alpha value is -3.05. The molecule has 3 heterocycles. The molecule has 2 aromatic carbocycles. The number of para-hydroxylation sites is 1. The Bertz CT molecular complexity index is 1420. The first-order valence-electron chi connectivity index (χ1n) is 12.6. The van der Waals surface area contributed by atoms with Gasteiger partial charge in [0.25, 0.3) is 5.91 Å². The summed E-state index contributed by atoms with van der Waals surface area (Å²) in [7, 11) is 0. The molecule has 1 aliphatic carbocycles. The van der Waals surface area contributed by atoms with Gasteiger partial charge in [-0.2, -0.15) is 0 Å². The molecule has 6 rings (SSSR count). The number of nitrogens with one attached hydrogen (secondary N) is 2. The molecule has 35 heavy (non-hydrogen) atoms. The number of hydrogen-bond acceptors (Lipinski definition) is 3. The number of fused-ring (bicyclic) bond motifs is 4. The third-order valence-corrected chi connectivity index (χ3v) is 9.21. The molecule has 4 nitrogen and oxygen atoms in total. The summed E-state index contributed by atoms with van der Waals surface area (Å²) in [6.45, 7) is 10.00. The van der Waals surface area contributed by atoms with Gasteiger partial charge in [0.05, 0.1) is 5.56 Å². The van der Waals surface area contributed by atoms with Crippen molar-refractivity contribution in [2.45, 2.75) is 59.7 Å². The van der Waals surface area contributed by atoms with E-state index in [2.05, 4.69) is 97.5 Å². The zero-order valence-corrected chi connectivity index (χ0v) is 21.8. The molecule has 2 N–H and O–H groups in total. The molecule has 2 atom stereocenters. The highest BCUT2D eigenvalue weighted by atomic mass is 32.1. The Morgan fingerprint density at radius 3 is 2.54 bits per heavy atom. The number of rotatable bonds is 3. The maximum absolute atomic E-state index is 13.5. The number of amides is 1. The van der Waals surface area contributed by atoms with Crippen LogP contribution in [0.25, 0.3) is 10.9 Å². The molecule has 2 aromatic heterocycles. The maximum Gasteiger partial charge on any atom is 0.256 e. The molecule has 0 unspecified atom stereocenters. The number of aromatic nitrogens is 1. The summed E-state index contributed by atoms with van der Waals surface area (Å²) in [5.74, 6) is 0.724. The fourth-order valence-electron chi connectivity index (χ4n) is 5.97. The summed E-state index contributed by atoms with van der Waals surface area (Å²) in [5, 5.41) is 9.29. The summed E-state index contributed by atoms with van der Waals surface area (Å²) in [4.78, 5) is 14.9. The first-order valence-corrected chi connectivity index (χ1v) is 13.5. The number of benzene rings is 2. The van der Waals surface area contributed by atoms with Gasteiger partial charge in [-0.05, 0) is 54.7 Å². The largest absolute Gasteiger partial charge is 0.353 e. The van der Waals surface area contributed by atoms with E-state index in [-0.39, 0.29) is 17.5 Å². The van der Waals surface area contributed by atoms with Crippen LogP contribution in [0.3, 0.4) is 0 Å². The number of carbonyl (C=O) groups is 1. The van der Waals surface area contributed by atoms with Gasteiger partial charge in [-0.3, -0.25) is 4.79 Å². The van der Waals surface area contributed by atoms with Gasteiger partial charge in [0, 0.05) is 33.6 Å². The molecule has 1 aliphatic heterocycles. The van der Waals surface area contributed by atoms with Crippen molar-refractivity contribution in [3.8, 4) is 0 Å². The Kier molecular flexibility index (Phi) is 5.29. The van der Waals surface area contributed by atoms with Gasteiger partial charge in [-0.15, -0.1) is 11.3 Å². The average molecular weight is 484 g/mol. The van der Waals surface area contributed by atoms with Gasteiger partial charge in [-0.25, -0.2) is 0 Å². The first kappa shape index (κ1) is 22.4. The van der Waals surface area contributed by atoms with Crippen LogP contribution in [0.15, 0.2) is 54.6 Å². The highest BCUT2D eigenvalue weighted by molar-refractivity contribution is 7.16. The second-order valence-corrected chi connectivity index (χ2v) is 12.3. The van der Waals surface area contributed by atoms with E-state index in [1.807, 2.05) is 0 Å². The summed E-state index contributed by atoms with van der Waals surface area (Å²) in [6, 6.07) is 19.1. The molecular formula is C30H33N3OS. The van der Waals surface area contributed by atoms with Crippen molar-refractivity contribution < 1.29 is 4.79 Å². The number of thiophene rings is 1. The second-order valence-electron chi connectivity index (χ2n) is 11.2. The SMILES string of the molecule is Cc1c([C@H]2NC(=O)c3c(sc4c3CC[C@H](C(C)(C)C)C4)N2)c2ccccc2n1Cc1ccccc1. The van der Waals surface area contributed by atoms with Gasteiger partial charge >= 0.3 is 0 Å². The zero-order valence-electron chi connectivity index (χ0n) is 20.9. The third kappa shape index (κ3) is 3.77. The molecule has 180 valence electrons. The molecule has 4 aromatic rings. The monoisotopic (exact) mass is 483 g/mol. The van der Waals surface area contributed by atoms with E-state index in [1.165, 1.54) is 32.6 Å². The number of carbonyl (C=O) groups excluding carboxylic acids is 1. The smallest absolute Gasteiger partial charge is 0.256 e. The summed E-state index contributed by atoms with van der Waals surface area (Å²) >= 11 is 1.80. The molecule has 0 saturated heterocycles. The molecule has 0 spiro atoms. The van der Waals surface area contributed by atoms with Crippen LogP contribution in [0.1, 0.15) is 71.0 Å². The molecule has 0 fully saturated rings.